The van der Waals surface area contributed by atoms with E-state index in [2.05, 4.69) is 24.7 Å². The number of carbonyl (C=O) groups excluding carboxylic acids is 1. The number of hydrogen-bond donors (Lipinski definition) is 1. The number of piperazine rings is 1. The summed E-state index contributed by atoms with van der Waals surface area (Å²) in [5.41, 5.74) is 1.68. The summed E-state index contributed by atoms with van der Waals surface area (Å²) in [6, 6.07) is 11.7. The van der Waals surface area contributed by atoms with Crippen LogP contribution in [0.3, 0.4) is 0 Å². The first-order valence-corrected chi connectivity index (χ1v) is 12.0. The second-order valence-electron chi connectivity index (χ2n) is 8.51. The average molecular weight is 484 g/mol. The number of amides is 1. The van der Waals surface area contributed by atoms with Gasteiger partial charge in [-0.1, -0.05) is 23.7 Å². The molecule has 1 saturated carbocycles. The molecule has 1 aliphatic carbocycles. The Kier molecular flexibility index (Phi) is 6.55. The Labute approximate surface area is 202 Å². The highest BCUT2D eigenvalue weighted by Crippen LogP contribution is 2.38. The van der Waals surface area contributed by atoms with Gasteiger partial charge in [0.25, 0.3) is 0 Å². The fourth-order valence-electron chi connectivity index (χ4n) is 4.11. The zero-order valence-corrected chi connectivity index (χ0v) is 19.8. The van der Waals surface area contributed by atoms with Crippen molar-refractivity contribution in [1.29, 1.82) is 0 Å². The van der Waals surface area contributed by atoms with Gasteiger partial charge < -0.3 is 5.32 Å². The Morgan fingerprint density at radius 3 is 2.45 bits per heavy atom. The van der Waals surface area contributed by atoms with Crippen LogP contribution in [0.1, 0.15) is 18.9 Å². The van der Waals surface area contributed by atoms with Gasteiger partial charge >= 0.3 is 0 Å². The largest absolute Gasteiger partial charge is 0.324 e. The average Bonchev–Trinajstić information content (AvgIpc) is 3.61. The van der Waals surface area contributed by atoms with Crippen molar-refractivity contribution in [3.63, 3.8) is 0 Å². The number of nitrogens with zero attached hydrogens (tertiary/aromatic N) is 6. The molecule has 1 amide bonds. The van der Waals surface area contributed by atoms with Gasteiger partial charge in [0, 0.05) is 50.2 Å². The molecule has 0 spiro atoms. The zero-order chi connectivity index (χ0) is 22.8. The second-order valence-corrected chi connectivity index (χ2v) is 9.28. The van der Waals surface area contributed by atoms with Crippen LogP contribution in [0, 0.1) is 4.77 Å². The van der Waals surface area contributed by atoms with Crippen molar-refractivity contribution in [3.8, 4) is 11.4 Å². The number of rotatable bonds is 7. The van der Waals surface area contributed by atoms with Crippen molar-refractivity contribution < 1.29 is 4.79 Å². The molecule has 0 atom stereocenters. The van der Waals surface area contributed by atoms with Gasteiger partial charge in [0.05, 0.1) is 23.9 Å². The van der Waals surface area contributed by atoms with Crippen molar-refractivity contribution in [3.05, 3.63) is 58.6 Å². The summed E-state index contributed by atoms with van der Waals surface area (Å²) in [7, 11) is 0. The molecule has 1 N–H and O–H groups in total. The number of nitrogens with one attached hydrogen (secondary N) is 1. The van der Waals surface area contributed by atoms with Crippen LogP contribution in [0.25, 0.3) is 11.4 Å². The van der Waals surface area contributed by atoms with Crippen LogP contribution in [0.4, 0.5) is 5.69 Å². The van der Waals surface area contributed by atoms with Crippen LogP contribution in [-0.4, -0.2) is 67.8 Å². The van der Waals surface area contributed by atoms with Crippen LogP contribution in [0.5, 0.6) is 0 Å². The SMILES string of the molecule is O=C(CN1CCN(Cn2nc(-c3ccncc3)n(C3CC3)c2=S)CC1)Nc1ccccc1Cl. The van der Waals surface area contributed by atoms with Gasteiger partial charge in [-0.25, -0.2) is 4.68 Å². The first-order valence-electron chi connectivity index (χ1n) is 11.2. The highest BCUT2D eigenvalue weighted by atomic mass is 35.5. The summed E-state index contributed by atoms with van der Waals surface area (Å²) in [4.78, 5) is 21.0. The number of pyridine rings is 1. The molecule has 2 aromatic heterocycles. The molecule has 1 aromatic carbocycles. The first kappa shape index (κ1) is 22.2. The minimum Gasteiger partial charge on any atom is -0.324 e. The van der Waals surface area contributed by atoms with E-state index in [0.29, 0.717) is 30.0 Å². The number of anilines is 1. The first-order chi connectivity index (χ1) is 16.1. The molecule has 0 bridgehead atoms. The topological polar surface area (TPSA) is 71.2 Å². The van der Waals surface area contributed by atoms with Crippen LogP contribution < -0.4 is 5.32 Å². The fraction of sp³-hybridized carbons (Fsp3) is 0.391. The normalized spacial score (nSPS) is 17.2. The third-order valence-corrected chi connectivity index (χ3v) is 6.77. The van der Waals surface area contributed by atoms with E-state index in [1.165, 1.54) is 0 Å². The van der Waals surface area contributed by atoms with Crippen molar-refractivity contribution in [2.75, 3.05) is 38.0 Å². The zero-order valence-electron chi connectivity index (χ0n) is 18.2. The van der Waals surface area contributed by atoms with Gasteiger partial charge in [-0.3, -0.25) is 24.1 Å². The lowest BCUT2D eigenvalue weighted by Gasteiger charge is -2.34. The number of carbonyl (C=O) groups is 1. The van der Waals surface area contributed by atoms with Crippen LogP contribution >= 0.6 is 23.8 Å². The molecule has 0 unspecified atom stereocenters. The molecule has 0 radical (unpaired) electrons. The third kappa shape index (κ3) is 5.16. The number of aromatic nitrogens is 4. The standard InChI is InChI=1S/C23H26ClN7OS/c24-19-3-1-2-4-20(19)26-21(32)15-28-11-13-29(14-12-28)16-30-23(33)31(18-5-6-18)22(27-30)17-7-9-25-10-8-17/h1-4,7-10,18H,5-6,11-16H2,(H,26,32). The van der Waals surface area contributed by atoms with Crippen molar-refractivity contribution in [2.45, 2.75) is 25.6 Å². The number of benzene rings is 1. The molecule has 10 heteroatoms. The molecular weight excluding hydrogens is 458 g/mol. The Hall–Kier alpha value is -2.59. The Morgan fingerprint density at radius 2 is 1.76 bits per heavy atom. The van der Waals surface area contributed by atoms with E-state index in [4.69, 9.17) is 28.9 Å². The third-order valence-electron chi connectivity index (χ3n) is 6.04. The second kappa shape index (κ2) is 9.72. The Balaban J connectivity index is 1.19. The predicted octanol–water partition coefficient (Wildman–Crippen LogP) is 3.68. The van der Waals surface area contributed by atoms with Gasteiger partial charge in [-0.15, -0.1) is 0 Å². The maximum Gasteiger partial charge on any atom is 0.238 e. The number of halogens is 1. The Morgan fingerprint density at radius 1 is 1.06 bits per heavy atom. The molecular formula is C23H26ClN7OS. The summed E-state index contributed by atoms with van der Waals surface area (Å²) in [5.74, 6) is 0.865. The van der Waals surface area contributed by atoms with E-state index >= 15 is 0 Å². The van der Waals surface area contributed by atoms with E-state index in [9.17, 15) is 4.79 Å². The molecule has 1 aliphatic heterocycles. The summed E-state index contributed by atoms with van der Waals surface area (Å²) < 4.78 is 4.90. The quantitative estimate of drug-likeness (QED) is 0.517. The molecule has 5 rings (SSSR count). The monoisotopic (exact) mass is 483 g/mol. The highest BCUT2D eigenvalue weighted by Gasteiger charge is 2.29. The molecule has 172 valence electrons. The number of hydrogen-bond acceptors (Lipinski definition) is 6. The van der Waals surface area contributed by atoms with Crippen LogP contribution in [-0.2, 0) is 11.5 Å². The van der Waals surface area contributed by atoms with Gasteiger partial charge in [0.2, 0.25) is 5.91 Å². The molecule has 3 heterocycles. The maximum atomic E-state index is 12.4. The van der Waals surface area contributed by atoms with E-state index in [0.717, 1.165) is 55.2 Å². The highest BCUT2D eigenvalue weighted by molar-refractivity contribution is 7.71. The number of para-hydroxylation sites is 1. The molecule has 33 heavy (non-hydrogen) atoms. The van der Waals surface area contributed by atoms with Crippen molar-refractivity contribution >= 4 is 35.4 Å². The van der Waals surface area contributed by atoms with Crippen LogP contribution in [0.2, 0.25) is 5.02 Å². The minimum absolute atomic E-state index is 0.0519. The van der Waals surface area contributed by atoms with Gasteiger partial charge in [-0.2, -0.15) is 5.10 Å². The fourth-order valence-corrected chi connectivity index (χ4v) is 4.62. The summed E-state index contributed by atoms with van der Waals surface area (Å²) in [5, 5.41) is 8.31. The van der Waals surface area contributed by atoms with E-state index < -0.39 is 0 Å². The summed E-state index contributed by atoms with van der Waals surface area (Å²) in [6.07, 6.45) is 5.87. The molecule has 2 aliphatic rings. The lowest BCUT2D eigenvalue weighted by atomic mass is 10.2. The van der Waals surface area contributed by atoms with E-state index in [1.807, 2.05) is 35.0 Å². The Bertz CT molecular complexity index is 1180. The summed E-state index contributed by atoms with van der Waals surface area (Å²) in [6.45, 7) is 4.31. The lowest BCUT2D eigenvalue weighted by molar-refractivity contribution is -0.117. The molecule has 3 aromatic rings. The van der Waals surface area contributed by atoms with Gasteiger partial charge in [0.1, 0.15) is 0 Å². The van der Waals surface area contributed by atoms with Gasteiger partial charge in [0.15, 0.2) is 10.6 Å². The van der Waals surface area contributed by atoms with Crippen molar-refractivity contribution in [1.82, 2.24) is 29.1 Å². The predicted molar refractivity (Wildman–Crippen MR) is 131 cm³/mol. The van der Waals surface area contributed by atoms with E-state index in [-0.39, 0.29) is 5.91 Å². The van der Waals surface area contributed by atoms with Crippen molar-refractivity contribution in [2.24, 2.45) is 0 Å². The lowest BCUT2D eigenvalue weighted by Crippen LogP contribution is -2.49. The van der Waals surface area contributed by atoms with Crippen LogP contribution in [0.15, 0.2) is 48.8 Å². The molecule has 8 nitrogen and oxygen atoms in total. The maximum absolute atomic E-state index is 12.4. The molecule has 1 saturated heterocycles. The summed E-state index contributed by atoms with van der Waals surface area (Å²) >= 11 is 11.9. The minimum atomic E-state index is -0.0519. The smallest absolute Gasteiger partial charge is 0.238 e. The molecule has 2 fully saturated rings. The van der Waals surface area contributed by atoms with E-state index in [1.54, 1.807) is 18.5 Å². The van der Waals surface area contributed by atoms with Gasteiger partial charge in [-0.05, 0) is 49.3 Å².